The molecule has 1 unspecified atom stereocenters. The number of carboxylic acids is 1. The molecule has 1 heterocycles. The summed E-state index contributed by atoms with van der Waals surface area (Å²) in [6.07, 6.45) is 3.16. The quantitative estimate of drug-likeness (QED) is 0.643. The summed E-state index contributed by atoms with van der Waals surface area (Å²) in [7, 11) is 0. The number of rotatable bonds is 9. The van der Waals surface area contributed by atoms with Crippen LogP contribution in [0.15, 0.2) is 29.1 Å². The van der Waals surface area contributed by atoms with Gasteiger partial charge >= 0.3 is 5.97 Å². The normalized spacial score (nSPS) is 12.0. The van der Waals surface area contributed by atoms with E-state index in [0.29, 0.717) is 36.0 Å². The van der Waals surface area contributed by atoms with Crippen LogP contribution in [-0.2, 0) is 16.0 Å². The van der Waals surface area contributed by atoms with E-state index in [4.69, 9.17) is 5.11 Å². The maximum absolute atomic E-state index is 12.0. The van der Waals surface area contributed by atoms with Crippen molar-refractivity contribution in [3.63, 3.8) is 0 Å². The van der Waals surface area contributed by atoms with Crippen LogP contribution in [-0.4, -0.2) is 33.0 Å². The molecule has 1 aromatic carbocycles. The van der Waals surface area contributed by atoms with E-state index in [1.54, 1.807) is 18.2 Å². The van der Waals surface area contributed by atoms with E-state index in [9.17, 15) is 14.4 Å². The molecule has 0 aliphatic rings. The molecule has 2 aromatic rings. The number of aromatic amines is 1. The van der Waals surface area contributed by atoms with Crippen molar-refractivity contribution in [2.24, 2.45) is 0 Å². The van der Waals surface area contributed by atoms with Crippen LogP contribution in [0.2, 0.25) is 0 Å². The number of aliphatic carboxylic acids is 1. The standard InChI is InChI=1S/C18H23N3O4/c1-2-3-8-14(18(24)25)20-16(22)11-6-10-15-19-13-9-5-4-7-12(13)17(23)21-15/h4-5,7,9,14H,2-3,6,8,10-11H2,1H3,(H,20,22)(H,24,25)(H,19,21,23). The van der Waals surface area contributed by atoms with Crippen molar-refractivity contribution in [3.05, 3.63) is 40.4 Å². The van der Waals surface area contributed by atoms with Gasteiger partial charge < -0.3 is 15.4 Å². The average Bonchev–Trinajstić information content (AvgIpc) is 2.58. The second kappa shape index (κ2) is 8.96. The van der Waals surface area contributed by atoms with E-state index in [2.05, 4.69) is 15.3 Å². The van der Waals surface area contributed by atoms with Crippen molar-refractivity contribution in [3.8, 4) is 0 Å². The van der Waals surface area contributed by atoms with Crippen LogP contribution in [0.25, 0.3) is 10.9 Å². The third kappa shape index (κ3) is 5.41. The van der Waals surface area contributed by atoms with E-state index < -0.39 is 12.0 Å². The summed E-state index contributed by atoms with van der Waals surface area (Å²) in [6.45, 7) is 1.97. The number of carbonyl (C=O) groups is 2. The number of amides is 1. The number of carbonyl (C=O) groups excluding carboxylic acids is 1. The molecule has 0 saturated carbocycles. The Hall–Kier alpha value is -2.70. The van der Waals surface area contributed by atoms with Gasteiger partial charge in [0, 0.05) is 12.8 Å². The Balaban J connectivity index is 1.88. The van der Waals surface area contributed by atoms with Crippen molar-refractivity contribution in [1.29, 1.82) is 0 Å². The zero-order valence-electron chi connectivity index (χ0n) is 14.2. The van der Waals surface area contributed by atoms with E-state index in [1.807, 2.05) is 13.0 Å². The van der Waals surface area contributed by atoms with Gasteiger partial charge in [0.05, 0.1) is 10.9 Å². The molecule has 0 aliphatic heterocycles. The Morgan fingerprint density at radius 1 is 1.28 bits per heavy atom. The third-order valence-corrected chi connectivity index (χ3v) is 3.96. The lowest BCUT2D eigenvalue weighted by molar-refractivity contribution is -0.142. The van der Waals surface area contributed by atoms with Crippen LogP contribution in [0.4, 0.5) is 0 Å². The monoisotopic (exact) mass is 345 g/mol. The van der Waals surface area contributed by atoms with Crippen LogP contribution >= 0.6 is 0 Å². The molecule has 1 amide bonds. The highest BCUT2D eigenvalue weighted by Crippen LogP contribution is 2.08. The summed E-state index contributed by atoms with van der Waals surface area (Å²) >= 11 is 0. The summed E-state index contributed by atoms with van der Waals surface area (Å²) in [5, 5.41) is 12.2. The lowest BCUT2D eigenvalue weighted by atomic mass is 10.1. The lowest BCUT2D eigenvalue weighted by Crippen LogP contribution is -2.40. The Labute approximate surface area is 145 Å². The molecule has 0 aliphatic carbocycles. The fourth-order valence-electron chi connectivity index (χ4n) is 2.60. The first kappa shape index (κ1) is 18.6. The van der Waals surface area contributed by atoms with Gasteiger partial charge in [-0.3, -0.25) is 9.59 Å². The SMILES string of the molecule is CCCCC(NC(=O)CCCc1nc2ccccc2c(=O)[nH]1)C(=O)O. The molecule has 134 valence electrons. The molecule has 0 fully saturated rings. The fourth-order valence-corrected chi connectivity index (χ4v) is 2.60. The smallest absolute Gasteiger partial charge is 0.326 e. The molecule has 7 heteroatoms. The number of hydrogen-bond donors (Lipinski definition) is 3. The number of benzene rings is 1. The van der Waals surface area contributed by atoms with Gasteiger partial charge in [-0.15, -0.1) is 0 Å². The Morgan fingerprint density at radius 3 is 2.76 bits per heavy atom. The van der Waals surface area contributed by atoms with Crippen LogP contribution in [0, 0.1) is 0 Å². The molecule has 0 radical (unpaired) electrons. The maximum atomic E-state index is 12.0. The van der Waals surface area contributed by atoms with Crippen LogP contribution in [0.5, 0.6) is 0 Å². The molecular weight excluding hydrogens is 322 g/mol. The van der Waals surface area contributed by atoms with E-state index >= 15 is 0 Å². The predicted octanol–water partition coefficient (Wildman–Crippen LogP) is 2.01. The van der Waals surface area contributed by atoms with Crippen molar-refractivity contribution in [1.82, 2.24) is 15.3 Å². The van der Waals surface area contributed by atoms with Crippen molar-refractivity contribution >= 4 is 22.8 Å². The van der Waals surface area contributed by atoms with E-state index in [1.165, 1.54) is 0 Å². The summed E-state index contributed by atoms with van der Waals surface area (Å²) in [4.78, 5) is 42.1. The van der Waals surface area contributed by atoms with Gasteiger partial charge in [-0.25, -0.2) is 9.78 Å². The zero-order chi connectivity index (χ0) is 18.2. The second-order valence-corrected chi connectivity index (χ2v) is 5.98. The first-order valence-electron chi connectivity index (χ1n) is 8.51. The molecular formula is C18H23N3O4. The zero-order valence-corrected chi connectivity index (χ0v) is 14.2. The highest BCUT2D eigenvalue weighted by Gasteiger charge is 2.18. The van der Waals surface area contributed by atoms with Gasteiger partial charge in [0.25, 0.3) is 5.56 Å². The predicted molar refractivity (Wildman–Crippen MR) is 94.4 cm³/mol. The van der Waals surface area contributed by atoms with Gasteiger partial charge in [-0.05, 0) is 25.0 Å². The number of H-pyrrole nitrogens is 1. The summed E-state index contributed by atoms with van der Waals surface area (Å²) < 4.78 is 0. The largest absolute Gasteiger partial charge is 0.480 e. The number of unbranched alkanes of at least 4 members (excludes halogenated alkanes) is 1. The number of para-hydroxylation sites is 1. The Bertz CT molecular complexity index is 800. The highest BCUT2D eigenvalue weighted by molar-refractivity contribution is 5.83. The van der Waals surface area contributed by atoms with Gasteiger partial charge in [0.1, 0.15) is 11.9 Å². The third-order valence-electron chi connectivity index (χ3n) is 3.96. The summed E-state index contributed by atoms with van der Waals surface area (Å²) in [5.41, 5.74) is 0.423. The van der Waals surface area contributed by atoms with Gasteiger partial charge in [-0.1, -0.05) is 31.9 Å². The first-order chi connectivity index (χ1) is 12.0. The highest BCUT2D eigenvalue weighted by atomic mass is 16.4. The van der Waals surface area contributed by atoms with Crippen molar-refractivity contribution < 1.29 is 14.7 Å². The van der Waals surface area contributed by atoms with E-state index in [-0.39, 0.29) is 17.9 Å². The minimum absolute atomic E-state index is 0.187. The topological polar surface area (TPSA) is 112 Å². The molecule has 7 nitrogen and oxygen atoms in total. The molecule has 25 heavy (non-hydrogen) atoms. The molecule has 1 atom stereocenters. The lowest BCUT2D eigenvalue weighted by Gasteiger charge is -2.13. The Kier molecular flexibility index (Phi) is 6.68. The number of carboxylic acid groups (broad SMARTS) is 1. The van der Waals surface area contributed by atoms with Crippen LogP contribution in [0.1, 0.15) is 44.9 Å². The number of aryl methyl sites for hydroxylation is 1. The second-order valence-electron chi connectivity index (χ2n) is 5.98. The molecule has 3 N–H and O–H groups in total. The number of aromatic nitrogens is 2. The minimum Gasteiger partial charge on any atom is -0.480 e. The molecule has 2 rings (SSSR count). The van der Waals surface area contributed by atoms with Crippen molar-refractivity contribution in [2.45, 2.75) is 51.5 Å². The fraction of sp³-hybridized carbons (Fsp3) is 0.444. The number of nitrogens with one attached hydrogen (secondary N) is 2. The molecule has 0 spiro atoms. The van der Waals surface area contributed by atoms with Gasteiger partial charge in [-0.2, -0.15) is 0 Å². The average molecular weight is 345 g/mol. The summed E-state index contributed by atoms with van der Waals surface area (Å²) in [5.74, 6) is -0.786. The van der Waals surface area contributed by atoms with Gasteiger partial charge in [0.2, 0.25) is 5.91 Å². The maximum Gasteiger partial charge on any atom is 0.326 e. The van der Waals surface area contributed by atoms with E-state index in [0.717, 1.165) is 12.8 Å². The molecule has 0 saturated heterocycles. The van der Waals surface area contributed by atoms with Gasteiger partial charge in [0.15, 0.2) is 0 Å². The molecule has 1 aromatic heterocycles. The number of fused-ring (bicyclic) bond motifs is 1. The number of hydrogen-bond acceptors (Lipinski definition) is 4. The minimum atomic E-state index is -1.01. The molecule has 0 bridgehead atoms. The summed E-state index contributed by atoms with van der Waals surface area (Å²) in [6, 6.07) is 6.23. The van der Waals surface area contributed by atoms with Crippen molar-refractivity contribution in [2.75, 3.05) is 0 Å². The van der Waals surface area contributed by atoms with Crippen LogP contribution in [0.3, 0.4) is 0 Å². The van der Waals surface area contributed by atoms with Crippen LogP contribution < -0.4 is 10.9 Å². The first-order valence-corrected chi connectivity index (χ1v) is 8.51. The Morgan fingerprint density at radius 2 is 2.04 bits per heavy atom. The number of nitrogens with zero attached hydrogens (tertiary/aromatic N) is 1.